The molecule has 34 heavy (non-hydrogen) atoms. The largest absolute Gasteiger partial charge is 0.494 e. The lowest BCUT2D eigenvalue weighted by Crippen LogP contribution is -2.44. The van der Waals surface area contributed by atoms with Crippen molar-refractivity contribution in [3.8, 4) is 16.9 Å². The van der Waals surface area contributed by atoms with Gasteiger partial charge in [-0.1, -0.05) is 24.3 Å². The van der Waals surface area contributed by atoms with Crippen LogP contribution in [0.25, 0.3) is 11.1 Å². The Bertz CT molecular complexity index is 1080. The fourth-order valence-electron chi connectivity index (χ4n) is 5.61. The van der Waals surface area contributed by atoms with Gasteiger partial charge in [-0.05, 0) is 66.7 Å². The molecule has 3 aliphatic rings. The topological polar surface area (TPSA) is 65.1 Å². The number of hydrogen-bond donors (Lipinski definition) is 0. The van der Waals surface area contributed by atoms with Gasteiger partial charge in [0.1, 0.15) is 6.10 Å². The molecule has 2 aromatic rings. The Morgan fingerprint density at radius 1 is 1.12 bits per heavy atom. The molecule has 1 aliphatic carbocycles. The van der Waals surface area contributed by atoms with E-state index in [1.54, 1.807) is 0 Å². The van der Waals surface area contributed by atoms with Crippen molar-refractivity contribution in [1.29, 1.82) is 0 Å². The summed E-state index contributed by atoms with van der Waals surface area (Å²) in [4.78, 5) is 26.6. The van der Waals surface area contributed by atoms with Crippen molar-refractivity contribution < 1.29 is 28.2 Å². The zero-order valence-corrected chi connectivity index (χ0v) is 19.6. The maximum absolute atomic E-state index is 15.0. The van der Waals surface area contributed by atoms with Gasteiger partial charge in [-0.2, -0.15) is 0 Å². The van der Waals surface area contributed by atoms with Crippen LogP contribution >= 0.6 is 0 Å². The molecule has 5 rings (SSSR count). The second-order valence-corrected chi connectivity index (χ2v) is 9.60. The highest BCUT2D eigenvalue weighted by Gasteiger charge is 2.55. The molecule has 180 valence electrons. The highest BCUT2D eigenvalue weighted by atomic mass is 19.1. The predicted molar refractivity (Wildman–Crippen MR) is 124 cm³/mol. The molecule has 7 heteroatoms. The van der Waals surface area contributed by atoms with Gasteiger partial charge in [0.25, 0.3) is 5.91 Å². The van der Waals surface area contributed by atoms with Crippen molar-refractivity contribution in [2.24, 2.45) is 5.41 Å². The summed E-state index contributed by atoms with van der Waals surface area (Å²) < 4.78 is 30.5. The van der Waals surface area contributed by atoms with Gasteiger partial charge in [-0.15, -0.1) is 0 Å². The van der Waals surface area contributed by atoms with Gasteiger partial charge in [-0.25, -0.2) is 9.18 Å². The van der Waals surface area contributed by atoms with Gasteiger partial charge in [0.05, 0.1) is 19.8 Å². The van der Waals surface area contributed by atoms with Crippen LogP contribution in [0.15, 0.2) is 36.4 Å². The Balaban J connectivity index is 1.28. The minimum Gasteiger partial charge on any atom is -0.494 e. The fraction of sp³-hybridized carbons (Fsp3) is 0.481. The van der Waals surface area contributed by atoms with Crippen molar-refractivity contribution >= 4 is 11.9 Å². The van der Waals surface area contributed by atoms with Gasteiger partial charge < -0.3 is 19.1 Å². The second kappa shape index (κ2) is 9.02. The molecule has 1 saturated carbocycles. The van der Waals surface area contributed by atoms with Gasteiger partial charge in [0, 0.05) is 25.3 Å². The summed E-state index contributed by atoms with van der Waals surface area (Å²) in [7, 11) is 2.67. The number of halogens is 1. The predicted octanol–water partition coefficient (Wildman–Crippen LogP) is 4.56. The molecule has 2 saturated heterocycles. The Hall–Kier alpha value is -2.93. The summed E-state index contributed by atoms with van der Waals surface area (Å²) in [5.74, 6) is -0.426. The van der Waals surface area contributed by atoms with E-state index in [0.717, 1.165) is 45.2 Å². The quantitative estimate of drug-likeness (QED) is 0.603. The lowest BCUT2D eigenvalue weighted by molar-refractivity contribution is -0.142. The van der Waals surface area contributed by atoms with E-state index in [2.05, 4.69) is 12.1 Å². The lowest BCUT2D eigenvalue weighted by Gasteiger charge is -2.34. The van der Waals surface area contributed by atoms with E-state index in [0.29, 0.717) is 23.7 Å². The molecule has 2 heterocycles. The standard InChI is InChI=1S/C27H30FNO5/c1-32-23-15-19(26(31)33-2)14-20(24(23)28)17-5-7-18(8-6-17)21-16-27(21)9-11-29(12-10-27)25(30)22-4-3-13-34-22/h5-8,14-15,21-22H,3-4,9-13,16H2,1-2H3. The first kappa shape index (κ1) is 22.8. The molecule has 1 amide bonds. The molecule has 3 fully saturated rings. The number of esters is 1. The molecule has 0 bridgehead atoms. The van der Waals surface area contributed by atoms with Crippen molar-refractivity contribution in [1.82, 2.24) is 4.90 Å². The molecular formula is C27H30FNO5. The van der Waals surface area contributed by atoms with E-state index in [4.69, 9.17) is 14.2 Å². The molecule has 0 aromatic heterocycles. The zero-order valence-electron chi connectivity index (χ0n) is 19.6. The van der Waals surface area contributed by atoms with Crippen LogP contribution in [0, 0.1) is 11.2 Å². The Kier molecular flexibility index (Phi) is 6.06. The molecule has 2 unspecified atom stereocenters. The van der Waals surface area contributed by atoms with E-state index in [1.807, 2.05) is 17.0 Å². The number of amides is 1. The van der Waals surface area contributed by atoms with E-state index in [1.165, 1.54) is 31.9 Å². The molecule has 1 spiro atoms. The van der Waals surface area contributed by atoms with Crippen molar-refractivity contribution in [3.05, 3.63) is 53.3 Å². The fourth-order valence-corrected chi connectivity index (χ4v) is 5.61. The Morgan fingerprint density at radius 2 is 1.85 bits per heavy atom. The molecule has 0 N–H and O–H groups in total. The molecule has 2 aliphatic heterocycles. The highest BCUT2D eigenvalue weighted by molar-refractivity contribution is 5.92. The molecule has 6 nitrogen and oxygen atoms in total. The van der Waals surface area contributed by atoms with Gasteiger partial charge in [-0.3, -0.25) is 4.79 Å². The molecule has 0 radical (unpaired) electrons. The summed E-state index contributed by atoms with van der Waals surface area (Å²) >= 11 is 0. The first-order chi connectivity index (χ1) is 16.5. The van der Waals surface area contributed by atoms with E-state index < -0.39 is 11.8 Å². The van der Waals surface area contributed by atoms with Crippen LogP contribution in [0.1, 0.15) is 53.9 Å². The highest BCUT2D eigenvalue weighted by Crippen LogP contribution is 2.65. The van der Waals surface area contributed by atoms with Crippen molar-refractivity contribution in [2.45, 2.75) is 44.1 Å². The SMILES string of the molecule is COC(=O)c1cc(OC)c(F)c(-c2ccc(C3CC34CCN(C(=O)C3CCCO3)CC4)cc2)c1. The first-order valence-corrected chi connectivity index (χ1v) is 11.9. The summed E-state index contributed by atoms with van der Waals surface area (Å²) in [6, 6.07) is 10.7. The minimum atomic E-state index is -0.541. The molecule has 2 aromatic carbocycles. The number of benzene rings is 2. The van der Waals surface area contributed by atoms with Crippen LogP contribution in [0.5, 0.6) is 5.75 Å². The number of carbonyl (C=O) groups excluding carboxylic acids is 2. The van der Waals surface area contributed by atoms with Gasteiger partial charge in [0.15, 0.2) is 11.6 Å². The average Bonchev–Trinajstić information content (AvgIpc) is 3.29. The second-order valence-electron chi connectivity index (χ2n) is 9.60. The number of carbonyl (C=O) groups is 2. The number of likely N-dealkylation sites (tertiary alicyclic amines) is 1. The van der Waals surface area contributed by atoms with Crippen molar-refractivity contribution in [3.63, 3.8) is 0 Å². The smallest absolute Gasteiger partial charge is 0.338 e. The van der Waals surface area contributed by atoms with Crippen molar-refractivity contribution in [2.75, 3.05) is 33.9 Å². The Morgan fingerprint density at radius 3 is 2.47 bits per heavy atom. The van der Waals surface area contributed by atoms with E-state index in [-0.39, 0.29) is 28.7 Å². The number of ether oxygens (including phenoxy) is 3. The average molecular weight is 468 g/mol. The Labute approximate surface area is 199 Å². The maximum Gasteiger partial charge on any atom is 0.338 e. The number of methoxy groups -OCH3 is 2. The van der Waals surface area contributed by atoms with E-state index in [9.17, 15) is 14.0 Å². The zero-order chi connectivity index (χ0) is 23.9. The first-order valence-electron chi connectivity index (χ1n) is 11.9. The minimum absolute atomic E-state index is 0.00688. The third-order valence-electron chi connectivity index (χ3n) is 7.77. The summed E-state index contributed by atoms with van der Waals surface area (Å²) in [6.45, 7) is 2.27. The van der Waals surface area contributed by atoms with Gasteiger partial charge in [0.2, 0.25) is 0 Å². The monoisotopic (exact) mass is 467 g/mol. The van der Waals surface area contributed by atoms with Crippen LogP contribution in [0.4, 0.5) is 4.39 Å². The molecule has 2 atom stereocenters. The number of piperidine rings is 1. The molecular weight excluding hydrogens is 437 g/mol. The van der Waals surface area contributed by atoms with Crippen LogP contribution < -0.4 is 4.74 Å². The van der Waals surface area contributed by atoms with Crippen LogP contribution in [-0.2, 0) is 14.3 Å². The van der Waals surface area contributed by atoms with E-state index >= 15 is 0 Å². The number of rotatable bonds is 5. The normalized spacial score (nSPS) is 23.1. The van der Waals surface area contributed by atoms with Gasteiger partial charge >= 0.3 is 5.97 Å². The van der Waals surface area contributed by atoms with Crippen LogP contribution in [0.2, 0.25) is 0 Å². The third-order valence-corrected chi connectivity index (χ3v) is 7.77. The van der Waals surface area contributed by atoms with Crippen LogP contribution in [-0.4, -0.2) is 56.8 Å². The summed E-state index contributed by atoms with van der Waals surface area (Å²) in [5, 5.41) is 0. The lowest BCUT2D eigenvalue weighted by atomic mass is 9.88. The summed E-state index contributed by atoms with van der Waals surface area (Å²) in [5.41, 5.74) is 2.72. The number of nitrogens with zero attached hydrogens (tertiary/aromatic N) is 1. The van der Waals surface area contributed by atoms with Crippen LogP contribution in [0.3, 0.4) is 0 Å². The third kappa shape index (κ3) is 4.06. The maximum atomic E-state index is 15.0. The number of hydrogen-bond acceptors (Lipinski definition) is 5. The summed E-state index contributed by atoms with van der Waals surface area (Å²) in [6.07, 6.45) is 4.69.